The third-order valence-electron chi connectivity index (χ3n) is 5.08. The van der Waals surface area contributed by atoms with Crippen molar-refractivity contribution in [2.45, 2.75) is 11.8 Å². The molecule has 0 saturated carbocycles. The Balaban J connectivity index is 1.41. The summed E-state index contributed by atoms with van der Waals surface area (Å²) in [7, 11) is 0. The molecule has 3 amide bonds. The lowest BCUT2D eigenvalue weighted by Crippen LogP contribution is -2.30. The molecule has 10 heteroatoms. The van der Waals surface area contributed by atoms with Crippen LogP contribution < -0.4 is 16.0 Å². The van der Waals surface area contributed by atoms with Crippen LogP contribution in [-0.2, 0) is 9.59 Å². The largest absolute Gasteiger partial charge is 0.321 e. The van der Waals surface area contributed by atoms with Crippen molar-refractivity contribution in [2.75, 3.05) is 16.4 Å². The summed E-state index contributed by atoms with van der Waals surface area (Å²) in [6.07, 6.45) is 1.53. The van der Waals surface area contributed by atoms with Crippen LogP contribution in [0.3, 0.4) is 0 Å². The van der Waals surface area contributed by atoms with Gasteiger partial charge in [0, 0.05) is 26.5 Å². The van der Waals surface area contributed by atoms with Crippen molar-refractivity contribution in [3.05, 3.63) is 112 Å². The number of hydrogen-bond acceptors (Lipinski definition) is 6. The number of thiazole rings is 1. The third-order valence-corrected chi connectivity index (χ3v) is 7.31. The van der Waals surface area contributed by atoms with Crippen LogP contribution >= 0.6 is 34.7 Å². The lowest BCUT2D eigenvalue weighted by Gasteiger charge is -2.12. The molecule has 38 heavy (non-hydrogen) atoms. The van der Waals surface area contributed by atoms with Gasteiger partial charge < -0.3 is 16.0 Å². The molecule has 0 radical (unpaired) electrons. The number of halogens is 1. The smallest absolute Gasteiger partial charge is 0.272 e. The Hall–Kier alpha value is -3.92. The Bertz CT molecular complexity index is 1470. The van der Waals surface area contributed by atoms with Crippen molar-refractivity contribution in [2.24, 2.45) is 0 Å². The summed E-state index contributed by atoms with van der Waals surface area (Å²) in [4.78, 5) is 43.2. The molecule has 0 aliphatic rings. The van der Waals surface area contributed by atoms with Crippen LogP contribution in [-0.4, -0.2) is 28.5 Å². The zero-order valence-electron chi connectivity index (χ0n) is 20.2. The molecule has 0 atom stereocenters. The molecule has 0 unspecified atom stereocenters. The SMILES string of the molecule is Cc1csc(NC(=O)CSc2ccc(NC(=O)/C(=C/c3ccccc3Cl)NC(=O)c3ccccc3)cc2)n1. The molecular weight excluding hydrogens is 540 g/mol. The Morgan fingerprint density at radius 1 is 0.947 bits per heavy atom. The second-order valence-corrected chi connectivity index (χ2v) is 10.3. The molecule has 0 aliphatic carbocycles. The van der Waals surface area contributed by atoms with Gasteiger partial charge in [-0.1, -0.05) is 48.0 Å². The normalized spacial score (nSPS) is 11.1. The Morgan fingerprint density at radius 2 is 1.66 bits per heavy atom. The molecule has 3 N–H and O–H groups in total. The summed E-state index contributed by atoms with van der Waals surface area (Å²) in [5.41, 5.74) is 2.44. The van der Waals surface area contributed by atoms with Gasteiger partial charge in [-0.2, -0.15) is 0 Å². The van der Waals surface area contributed by atoms with E-state index in [4.69, 9.17) is 11.6 Å². The van der Waals surface area contributed by atoms with Crippen LogP contribution in [0.15, 0.2) is 94.8 Å². The lowest BCUT2D eigenvalue weighted by molar-refractivity contribution is -0.114. The van der Waals surface area contributed by atoms with Crippen molar-refractivity contribution in [3.8, 4) is 0 Å². The number of nitrogens with one attached hydrogen (secondary N) is 3. The number of amides is 3. The van der Waals surface area contributed by atoms with Gasteiger partial charge in [0.1, 0.15) is 5.70 Å². The van der Waals surface area contributed by atoms with Gasteiger partial charge in [-0.25, -0.2) is 4.98 Å². The number of hydrogen-bond donors (Lipinski definition) is 3. The number of benzene rings is 3. The predicted molar refractivity (Wildman–Crippen MR) is 155 cm³/mol. The van der Waals surface area contributed by atoms with E-state index in [1.165, 1.54) is 29.2 Å². The fourth-order valence-electron chi connectivity index (χ4n) is 3.24. The highest BCUT2D eigenvalue weighted by atomic mass is 35.5. The van der Waals surface area contributed by atoms with E-state index in [0.29, 0.717) is 27.0 Å². The molecule has 3 aromatic carbocycles. The fraction of sp³-hybridized carbons (Fsp3) is 0.0714. The molecule has 4 aromatic rings. The molecule has 0 saturated heterocycles. The highest BCUT2D eigenvalue weighted by Gasteiger charge is 2.16. The summed E-state index contributed by atoms with van der Waals surface area (Å²) < 4.78 is 0. The molecule has 0 aliphatic heterocycles. The molecule has 4 rings (SSSR count). The van der Waals surface area contributed by atoms with E-state index in [0.717, 1.165) is 10.6 Å². The van der Waals surface area contributed by atoms with Gasteiger partial charge in [0.2, 0.25) is 5.91 Å². The van der Waals surface area contributed by atoms with Crippen LogP contribution in [0.2, 0.25) is 5.02 Å². The number of aryl methyl sites for hydroxylation is 1. The minimum absolute atomic E-state index is 0.0412. The molecule has 7 nitrogen and oxygen atoms in total. The van der Waals surface area contributed by atoms with E-state index in [1.807, 2.05) is 12.3 Å². The van der Waals surface area contributed by atoms with Gasteiger partial charge in [-0.3, -0.25) is 14.4 Å². The number of nitrogens with zero attached hydrogens (tertiary/aromatic N) is 1. The van der Waals surface area contributed by atoms with E-state index in [2.05, 4.69) is 20.9 Å². The average Bonchev–Trinajstić information content (AvgIpc) is 3.33. The number of thioether (sulfide) groups is 1. The van der Waals surface area contributed by atoms with Crippen molar-refractivity contribution in [3.63, 3.8) is 0 Å². The highest BCUT2D eigenvalue weighted by molar-refractivity contribution is 8.00. The van der Waals surface area contributed by atoms with Crippen LogP contribution in [0, 0.1) is 6.92 Å². The summed E-state index contributed by atoms with van der Waals surface area (Å²) in [5, 5.41) is 11.2. The van der Waals surface area contributed by atoms with Gasteiger partial charge in [0.05, 0.1) is 11.4 Å². The number of rotatable bonds is 9. The first-order valence-corrected chi connectivity index (χ1v) is 13.7. The monoisotopic (exact) mass is 562 g/mol. The number of anilines is 2. The number of aromatic nitrogens is 1. The molecular formula is C28H23ClN4O3S2. The van der Waals surface area contributed by atoms with E-state index < -0.39 is 11.8 Å². The average molecular weight is 563 g/mol. The lowest BCUT2D eigenvalue weighted by atomic mass is 10.1. The predicted octanol–water partition coefficient (Wildman–Crippen LogP) is 6.25. The Kier molecular flexibility index (Phi) is 9.31. The molecule has 0 spiro atoms. The van der Waals surface area contributed by atoms with Crippen LogP contribution in [0.5, 0.6) is 0 Å². The first-order valence-electron chi connectivity index (χ1n) is 11.5. The maximum atomic E-state index is 13.2. The Morgan fingerprint density at radius 3 is 2.34 bits per heavy atom. The third kappa shape index (κ3) is 7.79. The topological polar surface area (TPSA) is 100 Å². The minimum atomic E-state index is -0.507. The van der Waals surface area contributed by atoms with Crippen molar-refractivity contribution in [1.82, 2.24) is 10.3 Å². The Labute approximate surface area is 233 Å². The maximum Gasteiger partial charge on any atom is 0.272 e. The maximum absolute atomic E-state index is 13.2. The van der Waals surface area contributed by atoms with Crippen molar-refractivity contribution >= 4 is 69.3 Å². The molecule has 0 fully saturated rings. The quantitative estimate of drug-likeness (QED) is 0.165. The molecule has 192 valence electrons. The summed E-state index contributed by atoms with van der Waals surface area (Å²) in [6.45, 7) is 1.87. The summed E-state index contributed by atoms with van der Waals surface area (Å²) >= 11 is 9.03. The van der Waals surface area contributed by atoms with Gasteiger partial charge in [-0.15, -0.1) is 23.1 Å². The van der Waals surface area contributed by atoms with E-state index in [1.54, 1.807) is 78.9 Å². The van der Waals surface area contributed by atoms with Crippen LogP contribution in [0.1, 0.15) is 21.6 Å². The summed E-state index contributed by atoms with van der Waals surface area (Å²) in [5.74, 6) is -0.851. The van der Waals surface area contributed by atoms with Crippen molar-refractivity contribution in [1.29, 1.82) is 0 Å². The van der Waals surface area contributed by atoms with Crippen LogP contribution in [0.4, 0.5) is 10.8 Å². The van der Waals surface area contributed by atoms with E-state index in [-0.39, 0.29) is 17.4 Å². The second kappa shape index (κ2) is 13.0. The van der Waals surface area contributed by atoms with Gasteiger partial charge >= 0.3 is 0 Å². The standard InChI is InChI=1S/C28H23ClN4O3S2/c1-18-16-38-28(30-18)33-25(34)17-37-22-13-11-21(12-14-22)31-27(36)24(15-20-9-5-6-10-23(20)29)32-26(35)19-7-3-2-4-8-19/h2-16H,17H2,1H3,(H,31,36)(H,32,35)(H,30,33,34)/b24-15-. The van der Waals surface area contributed by atoms with Gasteiger partial charge in [0.25, 0.3) is 11.8 Å². The zero-order valence-corrected chi connectivity index (χ0v) is 22.6. The van der Waals surface area contributed by atoms with E-state index in [9.17, 15) is 14.4 Å². The van der Waals surface area contributed by atoms with Crippen LogP contribution in [0.25, 0.3) is 6.08 Å². The molecule has 1 heterocycles. The first kappa shape index (κ1) is 27.1. The van der Waals surface area contributed by atoms with E-state index >= 15 is 0 Å². The zero-order chi connectivity index (χ0) is 26.9. The molecule has 1 aromatic heterocycles. The minimum Gasteiger partial charge on any atom is -0.321 e. The fourth-order valence-corrected chi connectivity index (χ4v) is 4.83. The molecule has 0 bridgehead atoms. The number of carbonyl (C=O) groups is 3. The summed E-state index contributed by atoms with van der Waals surface area (Å²) in [6, 6.07) is 22.7. The number of carbonyl (C=O) groups excluding carboxylic acids is 3. The second-order valence-electron chi connectivity index (χ2n) is 8.01. The van der Waals surface area contributed by atoms with Gasteiger partial charge in [-0.05, 0) is 61.0 Å². The first-order chi connectivity index (χ1) is 18.4. The highest BCUT2D eigenvalue weighted by Crippen LogP contribution is 2.23. The van der Waals surface area contributed by atoms with Crippen molar-refractivity contribution < 1.29 is 14.4 Å². The van der Waals surface area contributed by atoms with Gasteiger partial charge in [0.15, 0.2) is 5.13 Å².